The van der Waals surface area contributed by atoms with E-state index in [9.17, 15) is 0 Å². The zero-order valence-corrected chi connectivity index (χ0v) is 12.2. The number of hydrogen-bond donors (Lipinski definition) is 1. The molecule has 0 bridgehead atoms. The van der Waals surface area contributed by atoms with Crippen molar-refractivity contribution in [3.05, 3.63) is 18.2 Å². The third-order valence-corrected chi connectivity index (χ3v) is 4.09. The lowest BCUT2D eigenvalue weighted by Crippen LogP contribution is -2.36. The monoisotopic (exact) mass is 263 g/mol. The van der Waals surface area contributed by atoms with Crippen LogP contribution in [0.1, 0.15) is 51.8 Å². The van der Waals surface area contributed by atoms with Crippen molar-refractivity contribution < 1.29 is 4.74 Å². The third-order valence-electron chi connectivity index (χ3n) is 4.09. The molecule has 4 heteroatoms. The van der Waals surface area contributed by atoms with Crippen LogP contribution in [-0.2, 0) is 11.3 Å². The summed E-state index contributed by atoms with van der Waals surface area (Å²) < 4.78 is 8.29. The number of rotatable bonds is 4. The molecule has 4 nitrogen and oxygen atoms in total. The highest BCUT2D eigenvalue weighted by atomic mass is 16.5. The maximum atomic E-state index is 5.94. The second-order valence-electron chi connectivity index (χ2n) is 6.92. The number of hydrogen-bond acceptors (Lipinski definition) is 3. The predicted molar refractivity (Wildman–Crippen MR) is 74.9 cm³/mol. The molecule has 106 valence electrons. The molecule has 3 rings (SSSR count). The summed E-state index contributed by atoms with van der Waals surface area (Å²) in [6, 6.07) is 0.492. The van der Waals surface area contributed by atoms with Crippen LogP contribution in [0.15, 0.2) is 12.5 Å². The smallest absolute Gasteiger partial charge is 0.0952 e. The highest BCUT2D eigenvalue weighted by Crippen LogP contribution is 2.43. The molecule has 2 atom stereocenters. The maximum absolute atomic E-state index is 5.94. The molecule has 1 N–H and O–H groups in total. The summed E-state index contributed by atoms with van der Waals surface area (Å²) in [5, 5.41) is 3.55. The molecule has 0 radical (unpaired) electrons. The minimum Gasteiger partial charge on any atom is -0.376 e. The van der Waals surface area contributed by atoms with Crippen LogP contribution in [0.5, 0.6) is 0 Å². The fraction of sp³-hybridized carbons (Fsp3) is 0.800. The standard InChI is InChI=1S/C15H25N3O/c1-15(2,3)17-9-12-8-16-10-18(12)13-6-7-19-14(13)11-4-5-11/h8,10-11,13-14,17H,4-7,9H2,1-3H3. The average Bonchev–Trinajstić information content (AvgIpc) is 2.90. The Labute approximate surface area is 115 Å². The highest BCUT2D eigenvalue weighted by molar-refractivity contribution is 5.05. The van der Waals surface area contributed by atoms with Crippen LogP contribution in [0, 0.1) is 5.92 Å². The first-order chi connectivity index (χ1) is 9.04. The molecule has 0 spiro atoms. The first-order valence-electron chi connectivity index (χ1n) is 7.42. The van der Waals surface area contributed by atoms with Crippen molar-refractivity contribution in [1.29, 1.82) is 0 Å². The van der Waals surface area contributed by atoms with Crippen molar-refractivity contribution >= 4 is 0 Å². The molecule has 2 aliphatic rings. The molecule has 2 fully saturated rings. The Hall–Kier alpha value is -0.870. The number of ether oxygens (including phenoxy) is 1. The summed E-state index contributed by atoms with van der Waals surface area (Å²) in [4.78, 5) is 4.35. The van der Waals surface area contributed by atoms with E-state index in [1.54, 1.807) is 0 Å². The quantitative estimate of drug-likeness (QED) is 0.907. The first kappa shape index (κ1) is 13.1. The summed E-state index contributed by atoms with van der Waals surface area (Å²) in [6.07, 6.45) is 8.19. The molecule has 0 aromatic carbocycles. The van der Waals surface area contributed by atoms with Crippen LogP contribution in [0.25, 0.3) is 0 Å². The zero-order valence-electron chi connectivity index (χ0n) is 12.2. The highest BCUT2D eigenvalue weighted by Gasteiger charge is 2.41. The molecule has 2 unspecified atom stereocenters. The van der Waals surface area contributed by atoms with Gasteiger partial charge >= 0.3 is 0 Å². The van der Waals surface area contributed by atoms with Gasteiger partial charge in [-0.3, -0.25) is 0 Å². The van der Waals surface area contributed by atoms with Gasteiger partial charge in [0.1, 0.15) is 0 Å². The first-order valence-corrected chi connectivity index (χ1v) is 7.42. The summed E-state index contributed by atoms with van der Waals surface area (Å²) in [6.45, 7) is 8.35. The fourth-order valence-corrected chi connectivity index (χ4v) is 2.90. The van der Waals surface area contributed by atoms with E-state index in [1.165, 1.54) is 18.5 Å². The van der Waals surface area contributed by atoms with E-state index in [2.05, 4.69) is 35.6 Å². The van der Waals surface area contributed by atoms with E-state index in [-0.39, 0.29) is 5.54 Å². The van der Waals surface area contributed by atoms with Gasteiger partial charge in [-0.15, -0.1) is 0 Å². The number of aromatic nitrogens is 2. The molecule has 2 heterocycles. The van der Waals surface area contributed by atoms with Crippen molar-refractivity contribution in [2.75, 3.05) is 6.61 Å². The molecule has 1 aromatic rings. The Balaban J connectivity index is 1.72. The molecule has 1 saturated heterocycles. The SMILES string of the molecule is CC(C)(C)NCc1cncn1C1CCOC1C1CC1. The van der Waals surface area contributed by atoms with Crippen molar-refractivity contribution in [2.24, 2.45) is 5.92 Å². The van der Waals surface area contributed by atoms with Gasteiger partial charge in [0.15, 0.2) is 0 Å². The summed E-state index contributed by atoms with van der Waals surface area (Å²) >= 11 is 0. The van der Waals surface area contributed by atoms with Crippen molar-refractivity contribution in [3.63, 3.8) is 0 Å². The van der Waals surface area contributed by atoms with Gasteiger partial charge in [0, 0.05) is 24.9 Å². The van der Waals surface area contributed by atoms with E-state index in [4.69, 9.17) is 4.74 Å². The van der Waals surface area contributed by atoms with Crippen LogP contribution in [0.4, 0.5) is 0 Å². The number of imidazole rings is 1. The topological polar surface area (TPSA) is 39.1 Å². The fourth-order valence-electron chi connectivity index (χ4n) is 2.90. The average molecular weight is 263 g/mol. The van der Waals surface area contributed by atoms with Gasteiger partial charge in [0.05, 0.1) is 24.2 Å². The van der Waals surface area contributed by atoms with Crippen LogP contribution in [-0.4, -0.2) is 27.8 Å². The van der Waals surface area contributed by atoms with Crippen LogP contribution >= 0.6 is 0 Å². The summed E-state index contributed by atoms with van der Waals surface area (Å²) in [7, 11) is 0. The minimum absolute atomic E-state index is 0.136. The van der Waals surface area contributed by atoms with Crippen LogP contribution in [0.2, 0.25) is 0 Å². The second-order valence-corrected chi connectivity index (χ2v) is 6.92. The Morgan fingerprint density at radius 1 is 1.37 bits per heavy atom. The van der Waals surface area contributed by atoms with E-state index < -0.39 is 0 Å². The number of nitrogens with one attached hydrogen (secondary N) is 1. The number of nitrogens with zero attached hydrogens (tertiary/aromatic N) is 2. The molecular formula is C15H25N3O. The van der Waals surface area contributed by atoms with Crippen LogP contribution < -0.4 is 5.32 Å². The summed E-state index contributed by atoms with van der Waals surface area (Å²) in [5.74, 6) is 0.790. The van der Waals surface area contributed by atoms with Crippen molar-refractivity contribution in [1.82, 2.24) is 14.9 Å². The molecule has 1 saturated carbocycles. The molecular weight excluding hydrogens is 238 g/mol. The van der Waals surface area contributed by atoms with Gasteiger partial charge in [-0.05, 0) is 46.0 Å². The van der Waals surface area contributed by atoms with Gasteiger partial charge in [0.25, 0.3) is 0 Å². The van der Waals surface area contributed by atoms with E-state index in [1.807, 2.05) is 12.5 Å². The lowest BCUT2D eigenvalue weighted by atomic mass is 10.1. The van der Waals surface area contributed by atoms with Crippen molar-refractivity contribution in [2.45, 2.75) is 64.3 Å². The van der Waals surface area contributed by atoms with Gasteiger partial charge in [-0.1, -0.05) is 0 Å². The molecule has 19 heavy (non-hydrogen) atoms. The molecule has 1 aliphatic carbocycles. The Morgan fingerprint density at radius 3 is 2.84 bits per heavy atom. The van der Waals surface area contributed by atoms with Gasteiger partial charge in [0.2, 0.25) is 0 Å². The normalized spacial score (nSPS) is 27.9. The molecule has 1 aromatic heterocycles. The Morgan fingerprint density at radius 2 is 2.16 bits per heavy atom. The van der Waals surface area contributed by atoms with E-state index in [0.29, 0.717) is 12.1 Å². The summed E-state index contributed by atoms with van der Waals surface area (Å²) in [5.41, 5.74) is 1.41. The van der Waals surface area contributed by atoms with Crippen LogP contribution in [0.3, 0.4) is 0 Å². The van der Waals surface area contributed by atoms with Gasteiger partial charge < -0.3 is 14.6 Å². The zero-order chi connectivity index (χ0) is 13.5. The van der Waals surface area contributed by atoms with E-state index in [0.717, 1.165) is 25.5 Å². The largest absolute Gasteiger partial charge is 0.376 e. The van der Waals surface area contributed by atoms with Gasteiger partial charge in [-0.2, -0.15) is 0 Å². The molecule has 0 amide bonds. The lowest BCUT2D eigenvalue weighted by Gasteiger charge is -2.24. The minimum atomic E-state index is 0.136. The van der Waals surface area contributed by atoms with E-state index >= 15 is 0 Å². The predicted octanol–water partition coefficient (Wildman–Crippen LogP) is 2.51. The maximum Gasteiger partial charge on any atom is 0.0952 e. The lowest BCUT2D eigenvalue weighted by molar-refractivity contribution is 0.0744. The Kier molecular flexibility index (Phi) is 3.39. The third kappa shape index (κ3) is 3.00. The van der Waals surface area contributed by atoms with Gasteiger partial charge in [-0.25, -0.2) is 4.98 Å². The van der Waals surface area contributed by atoms with Crippen molar-refractivity contribution in [3.8, 4) is 0 Å². The molecule has 1 aliphatic heterocycles. The Bertz CT molecular complexity index is 431. The second kappa shape index (κ2) is 4.91.